The van der Waals surface area contributed by atoms with Crippen LogP contribution in [-0.4, -0.2) is 10.9 Å². The minimum absolute atomic E-state index is 0. The number of halogens is 1. The van der Waals surface area contributed by atoms with Crippen molar-refractivity contribution in [2.75, 3.05) is 11.1 Å². The largest absolute Gasteiger partial charge is 1.00 e. The van der Waals surface area contributed by atoms with Gasteiger partial charge < -0.3 is 20.9 Å². The second-order valence-corrected chi connectivity index (χ2v) is 6.60. The number of nitrogens with zero attached hydrogens (tertiary/aromatic N) is 2. The molecule has 1 heterocycles. The number of ether oxygens (including phenoxy) is 1. The van der Waals surface area contributed by atoms with Gasteiger partial charge >= 0.3 is 29.6 Å². The van der Waals surface area contributed by atoms with Gasteiger partial charge in [-0.3, -0.25) is 9.78 Å². The molecule has 0 aliphatic carbocycles. The average molecular weight is 436 g/mol. The Morgan fingerprint density at radius 2 is 1.84 bits per heavy atom. The fraction of sp³-hybridized carbons (Fsp3) is 0. The zero-order valence-electron chi connectivity index (χ0n) is 16.9. The molecule has 4 aromatic rings. The summed E-state index contributed by atoms with van der Waals surface area (Å²) in [6, 6.07) is 16.0. The smallest absolute Gasteiger partial charge is 0.872 e. The van der Waals surface area contributed by atoms with Gasteiger partial charge in [0.1, 0.15) is 17.3 Å². The zero-order valence-corrected chi connectivity index (χ0v) is 18.9. The molecule has 0 unspecified atom stereocenters. The molecule has 0 saturated heterocycles. The number of carbonyl (C=O) groups is 1. The maximum Gasteiger partial charge on any atom is 1.00 e. The van der Waals surface area contributed by atoms with Gasteiger partial charge in [0, 0.05) is 28.4 Å². The van der Waals surface area contributed by atoms with Gasteiger partial charge in [-0.25, -0.2) is 4.39 Å². The maximum absolute atomic E-state index is 13.0. The summed E-state index contributed by atoms with van der Waals surface area (Å²) in [7, 11) is 0. The fourth-order valence-corrected chi connectivity index (χ4v) is 2.96. The van der Waals surface area contributed by atoms with E-state index < -0.39 is 17.5 Å². The third-order valence-corrected chi connectivity index (χ3v) is 4.52. The number of nitrogens with one attached hydrogen (secondary N) is 1. The third-order valence-electron chi connectivity index (χ3n) is 4.52. The van der Waals surface area contributed by atoms with Crippen molar-refractivity contribution in [1.82, 2.24) is 4.98 Å². The van der Waals surface area contributed by atoms with Crippen LogP contribution in [0.25, 0.3) is 10.9 Å². The van der Waals surface area contributed by atoms with Gasteiger partial charge in [0.25, 0.3) is 5.91 Å². The minimum atomic E-state index is -0.421. The first kappa shape index (κ1) is 23.0. The third kappa shape index (κ3) is 4.81. The van der Waals surface area contributed by atoms with Crippen molar-refractivity contribution in [3.63, 3.8) is 0 Å². The van der Waals surface area contributed by atoms with E-state index in [1.165, 1.54) is 60.8 Å². The monoisotopic (exact) mass is 436 g/mol. The van der Waals surface area contributed by atoms with Crippen LogP contribution in [0.2, 0.25) is 0 Å². The predicted molar refractivity (Wildman–Crippen MR) is 111 cm³/mol. The Labute approximate surface area is 204 Å². The molecule has 4 rings (SSSR count). The Balaban J connectivity index is 0.00000289. The number of pyridine rings is 1. The van der Waals surface area contributed by atoms with Crippen LogP contribution in [0.4, 0.5) is 15.8 Å². The molecule has 1 amide bonds. The van der Waals surface area contributed by atoms with E-state index in [1.807, 2.05) is 6.07 Å². The number of nitriles is 1. The van der Waals surface area contributed by atoms with E-state index >= 15 is 0 Å². The molecule has 32 heavy (non-hydrogen) atoms. The number of nitrogen functional groups attached to an aromatic ring is 1. The second-order valence-electron chi connectivity index (χ2n) is 6.60. The van der Waals surface area contributed by atoms with E-state index in [1.54, 1.807) is 6.07 Å². The Kier molecular flexibility index (Phi) is 6.95. The van der Waals surface area contributed by atoms with Crippen LogP contribution < -0.4 is 50.5 Å². The van der Waals surface area contributed by atoms with Crippen molar-refractivity contribution in [3.8, 4) is 23.3 Å². The van der Waals surface area contributed by atoms with Crippen LogP contribution in [0.15, 0.2) is 66.9 Å². The van der Waals surface area contributed by atoms with Crippen molar-refractivity contribution < 1.29 is 48.6 Å². The van der Waals surface area contributed by atoms with Gasteiger partial charge in [-0.05, 0) is 60.7 Å². The Morgan fingerprint density at radius 3 is 2.53 bits per heavy atom. The van der Waals surface area contributed by atoms with Crippen molar-refractivity contribution >= 4 is 28.2 Å². The van der Waals surface area contributed by atoms with Gasteiger partial charge in [0.15, 0.2) is 0 Å². The first-order valence-electron chi connectivity index (χ1n) is 9.09. The number of hydrogen-bond donors (Lipinski definition) is 2. The molecule has 1 aromatic heterocycles. The molecule has 3 aromatic carbocycles. The molecule has 0 radical (unpaired) electrons. The normalized spacial score (nSPS) is 10.1. The van der Waals surface area contributed by atoms with Gasteiger partial charge in [-0.2, -0.15) is 5.26 Å². The van der Waals surface area contributed by atoms with Crippen LogP contribution >= 0.6 is 0 Å². The number of nitrogens with two attached hydrogens (primary N) is 1. The summed E-state index contributed by atoms with van der Waals surface area (Å²) in [5.74, 6) is -0.593. The molecule has 0 atom stereocenters. The molecular formula is C23H14FN4NaO3. The quantitative estimate of drug-likeness (QED) is 0.363. The molecule has 0 bridgehead atoms. The van der Waals surface area contributed by atoms with Crippen molar-refractivity contribution in [2.24, 2.45) is 0 Å². The number of aromatic nitrogens is 1. The number of carbonyl (C=O) groups excluding carboxylic acids is 1. The molecule has 7 nitrogen and oxygen atoms in total. The summed E-state index contributed by atoms with van der Waals surface area (Å²) < 4.78 is 18.9. The van der Waals surface area contributed by atoms with E-state index in [9.17, 15) is 14.3 Å². The van der Waals surface area contributed by atoms with Crippen LogP contribution in [-0.2, 0) is 0 Å². The van der Waals surface area contributed by atoms with Gasteiger partial charge in [-0.15, -0.1) is 0 Å². The van der Waals surface area contributed by atoms with Gasteiger partial charge in [0.05, 0.1) is 17.3 Å². The Bertz CT molecular complexity index is 1350. The number of anilines is 2. The predicted octanol–water partition coefficient (Wildman–Crippen LogP) is 0.950. The summed E-state index contributed by atoms with van der Waals surface area (Å²) in [5.41, 5.74) is 7.37. The Morgan fingerprint density at radius 1 is 1.09 bits per heavy atom. The SMILES string of the molecule is N#Cc1cc2c(Oc3ccc(C(=O)Nc4ccc(F)cc4)cc3N)ccnc2cc1[O-].[Na+]. The van der Waals surface area contributed by atoms with E-state index in [-0.39, 0.29) is 52.1 Å². The van der Waals surface area contributed by atoms with Crippen molar-refractivity contribution in [1.29, 1.82) is 5.26 Å². The van der Waals surface area contributed by atoms with E-state index in [0.717, 1.165) is 0 Å². The summed E-state index contributed by atoms with van der Waals surface area (Å²) >= 11 is 0. The first-order chi connectivity index (χ1) is 14.9. The van der Waals surface area contributed by atoms with Crippen molar-refractivity contribution in [2.45, 2.75) is 0 Å². The topological polar surface area (TPSA) is 124 Å². The number of benzene rings is 3. The molecule has 152 valence electrons. The van der Waals surface area contributed by atoms with Crippen LogP contribution in [0.5, 0.6) is 17.2 Å². The summed E-state index contributed by atoms with van der Waals surface area (Å²) in [4.78, 5) is 16.6. The molecule has 0 saturated carbocycles. The number of amides is 1. The summed E-state index contributed by atoms with van der Waals surface area (Å²) in [5, 5.41) is 24.1. The molecule has 9 heteroatoms. The molecule has 0 aliphatic heterocycles. The molecule has 0 spiro atoms. The maximum atomic E-state index is 13.0. The molecule has 3 N–H and O–H groups in total. The Hall–Kier alpha value is -3.64. The number of rotatable bonds is 4. The second kappa shape index (κ2) is 9.66. The van der Waals surface area contributed by atoms with E-state index in [0.29, 0.717) is 22.3 Å². The standard InChI is InChI=1S/C23H15FN4O3.Na/c24-15-2-4-16(5-3-15)28-23(30)13-1-6-22(18(26)10-13)31-21-7-8-27-19-11-20(29)14(12-25)9-17(19)21;/h1-11,29H,26H2,(H,28,30);/q;+1/p-1. The van der Waals surface area contributed by atoms with Crippen LogP contribution in [0, 0.1) is 17.1 Å². The molecule has 0 fully saturated rings. The summed E-state index contributed by atoms with van der Waals surface area (Å²) in [6.45, 7) is 0. The van der Waals surface area contributed by atoms with Gasteiger partial charge in [0.2, 0.25) is 0 Å². The molecule has 0 aliphatic rings. The van der Waals surface area contributed by atoms with Crippen LogP contribution in [0.3, 0.4) is 0 Å². The average Bonchev–Trinajstić information content (AvgIpc) is 2.76. The van der Waals surface area contributed by atoms with E-state index in [4.69, 9.17) is 15.7 Å². The summed E-state index contributed by atoms with van der Waals surface area (Å²) in [6.07, 6.45) is 1.48. The number of hydrogen-bond acceptors (Lipinski definition) is 6. The van der Waals surface area contributed by atoms with Gasteiger partial charge in [-0.1, -0.05) is 5.75 Å². The zero-order chi connectivity index (χ0) is 22.0. The van der Waals surface area contributed by atoms with E-state index in [2.05, 4.69) is 10.3 Å². The minimum Gasteiger partial charge on any atom is -0.872 e. The fourth-order valence-electron chi connectivity index (χ4n) is 2.96. The van der Waals surface area contributed by atoms with Crippen molar-refractivity contribution in [3.05, 3.63) is 83.8 Å². The molecular weight excluding hydrogens is 422 g/mol. The number of fused-ring (bicyclic) bond motifs is 1. The first-order valence-corrected chi connectivity index (χ1v) is 9.09. The van der Waals surface area contributed by atoms with Crippen LogP contribution in [0.1, 0.15) is 15.9 Å².